The number of halogens is 3. The summed E-state index contributed by atoms with van der Waals surface area (Å²) in [7, 11) is 3.94. The Morgan fingerprint density at radius 3 is 2.62 bits per heavy atom. The Balaban J connectivity index is 1.66. The molecule has 1 atom stereocenters. The van der Waals surface area contributed by atoms with Crippen LogP contribution in [0.2, 0.25) is 0 Å². The molecule has 180 valence electrons. The molecule has 6 nitrogen and oxygen atoms in total. The first-order valence-corrected chi connectivity index (χ1v) is 10.8. The Morgan fingerprint density at radius 1 is 1.21 bits per heavy atom. The summed E-state index contributed by atoms with van der Waals surface area (Å²) in [5, 5.41) is 0.836. The maximum Gasteiger partial charge on any atom is 0.269 e. The summed E-state index contributed by atoms with van der Waals surface area (Å²) >= 11 is 0. The van der Waals surface area contributed by atoms with Crippen molar-refractivity contribution < 1.29 is 27.1 Å². The number of aryl methyl sites for hydroxylation is 1. The van der Waals surface area contributed by atoms with E-state index >= 15 is 0 Å². The number of hydrogen-bond acceptors (Lipinski definition) is 6. The van der Waals surface area contributed by atoms with E-state index in [9.17, 15) is 18.0 Å². The summed E-state index contributed by atoms with van der Waals surface area (Å²) < 4.78 is 53.8. The molecule has 9 heteroatoms. The Labute approximate surface area is 195 Å². The van der Waals surface area contributed by atoms with E-state index in [1.807, 2.05) is 37.2 Å². The van der Waals surface area contributed by atoms with E-state index in [4.69, 9.17) is 14.9 Å². The largest absolute Gasteiger partial charge is 0.453 e. The topological polar surface area (TPSA) is 81.1 Å². The lowest BCUT2D eigenvalue weighted by Gasteiger charge is -2.33. The molecule has 0 saturated carbocycles. The van der Waals surface area contributed by atoms with Crippen LogP contribution in [0, 0.1) is 12.7 Å². The minimum absolute atomic E-state index is 0.101. The van der Waals surface area contributed by atoms with Gasteiger partial charge in [0.15, 0.2) is 11.3 Å². The number of nitrogens with zero attached hydrogens (tertiary/aromatic N) is 2. The molecule has 1 aliphatic heterocycles. The number of hydrogen-bond donors (Lipinski definition) is 1. The third kappa shape index (κ3) is 4.45. The number of aliphatic imine (C=N–C) groups is 1. The number of rotatable bonds is 7. The zero-order valence-corrected chi connectivity index (χ0v) is 19.2. The Hall–Kier alpha value is -3.17. The number of furan rings is 1. The first-order chi connectivity index (χ1) is 16.1. The second kappa shape index (κ2) is 9.23. The highest BCUT2D eigenvalue weighted by molar-refractivity contribution is 6.01. The zero-order chi connectivity index (χ0) is 24.6. The number of alkyl halides is 2. The highest BCUT2D eigenvalue weighted by Gasteiger charge is 2.46. The van der Waals surface area contributed by atoms with Gasteiger partial charge in [0, 0.05) is 29.5 Å². The van der Waals surface area contributed by atoms with E-state index < -0.39 is 24.4 Å². The lowest BCUT2D eigenvalue weighted by Crippen LogP contribution is -2.45. The molecule has 0 aliphatic carbocycles. The van der Waals surface area contributed by atoms with Crippen molar-refractivity contribution in [3.63, 3.8) is 0 Å². The van der Waals surface area contributed by atoms with Crippen molar-refractivity contribution in [2.75, 3.05) is 27.3 Å². The number of carbonyl (C=O) groups is 1. The molecule has 0 fully saturated rings. The number of carbonyl (C=O) groups excluding carboxylic acids is 1. The van der Waals surface area contributed by atoms with Gasteiger partial charge in [-0.2, -0.15) is 0 Å². The zero-order valence-electron chi connectivity index (χ0n) is 19.2. The third-order valence-electron chi connectivity index (χ3n) is 5.89. The van der Waals surface area contributed by atoms with Crippen LogP contribution in [0.15, 0.2) is 45.8 Å². The van der Waals surface area contributed by atoms with Gasteiger partial charge in [-0.3, -0.25) is 9.79 Å². The first kappa shape index (κ1) is 24.0. The maximum atomic E-state index is 14.7. The molecular weight excluding hydrogens is 447 g/mol. The van der Waals surface area contributed by atoms with Gasteiger partial charge in [0.25, 0.3) is 6.43 Å². The van der Waals surface area contributed by atoms with Crippen molar-refractivity contribution in [2.45, 2.75) is 31.9 Å². The first-order valence-electron chi connectivity index (χ1n) is 10.8. The Kier molecular flexibility index (Phi) is 6.51. The quantitative estimate of drug-likeness (QED) is 0.520. The number of benzene rings is 2. The Morgan fingerprint density at radius 2 is 1.94 bits per heavy atom. The molecule has 1 aromatic heterocycles. The molecule has 2 heterocycles. The van der Waals surface area contributed by atoms with Gasteiger partial charge in [-0.05, 0) is 56.4 Å². The van der Waals surface area contributed by atoms with Crippen molar-refractivity contribution in [1.29, 1.82) is 0 Å². The summed E-state index contributed by atoms with van der Waals surface area (Å²) in [4.78, 5) is 19.0. The summed E-state index contributed by atoms with van der Waals surface area (Å²) in [5.41, 5.74) is 5.72. The number of nitrogens with two attached hydrogens (primary N) is 1. The predicted octanol–water partition coefficient (Wildman–Crippen LogP) is 4.22. The molecule has 34 heavy (non-hydrogen) atoms. The van der Waals surface area contributed by atoms with Crippen molar-refractivity contribution >= 4 is 22.6 Å². The normalized spacial score (nSPS) is 18.6. The summed E-state index contributed by atoms with van der Waals surface area (Å²) in [6, 6.07) is 9.43. The van der Waals surface area contributed by atoms with E-state index in [0.717, 1.165) is 23.6 Å². The van der Waals surface area contributed by atoms with Crippen LogP contribution in [0.1, 0.15) is 32.8 Å². The van der Waals surface area contributed by atoms with Crippen LogP contribution in [0.5, 0.6) is 0 Å². The number of fused-ring (bicyclic) bond motifs is 1. The van der Waals surface area contributed by atoms with Crippen LogP contribution in [0.3, 0.4) is 0 Å². The smallest absolute Gasteiger partial charge is 0.269 e. The highest BCUT2D eigenvalue weighted by Crippen LogP contribution is 2.37. The van der Waals surface area contributed by atoms with E-state index in [1.54, 1.807) is 6.92 Å². The monoisotopic (exact) mass is 473 g/mol. The fourth-order valence-electron chi connectivity index (χ4n) is 4.28. The molecule has 0 spiro atoms. The molecule has 2 N–H and O–H groups in total. The van der Waals surface area contributed by atoms with Gasteiger partial charge in [0.05, 0.1) is 6.61 Å². The van der Waals surface area contributed by atoms with Gasteiger partial charge in [0.2, 0.25) is 5.78 Å². The third-order valence-corrected chi connectivity index (χ3v) is 5.89. The summed E-state index contributed by atoms with van der Waals surface area (Å²) in [6.45, 7) is 1.93. The lowest BCUT2D eigenvalue weighted by atomic mass is 9.88. The Bertz CT molecular complexity index is 1270. The van der Waals surface area contributed by atoms with Crippen LogP contribution < -0.4 is 5.73 Å². The average molecular weight is 473 g/mol. The van der Waals surface area contributed by atoms with E-state index in [-0.39, 0.29) is 36.0 Å². The number of amidine groups is 1. The van der Waals surface area contributed by atoms with Crippen LogP contribution in [-0.2, 0) is 23.2 Å². The molecule has 3 aromatic rings. The molecule has 0 bridgehead atoms. The molecule has 0 unspecified atom stereocenters. The van der Waals surface area contributed by atoms with E-state index in [2.05, 4.69) is 4.99 Å². The summed E-state index contributed by atoms with van der Waals surface area (Å²) in [6.07, 6.45) is -3.21. The molecule has 0 radical (unpaired) electrons. The summed E-state index contributed by atoms with van der Waals surface area (Å²) in [5.74, 6) is -1.16. The highest BCUT2D eigenvalue weighted by atomic mass is 19.3. The van der Waals surface area contributed by atoms with Crippen molar-refractivity contribution in [3.8, 4) is 0 Å². The van der Waals surface area contributed by atoms with Crippen LogP contribution in [0.4, 0.5) is 13.2 Å². The molecule has 0 amide bonds. The van der Waals surface area contributed by atoms with Crippen LogP contribution >= 0.6 is 0 Å². The second-order valence-corrected chi connectivity index (χ2v) is 8.86. The van der Waals surface area contributed by atoms with Gasteiger partial charge in [-0.15, -0.1) is 0 Å². The fraction of sp³-hybridized carbons (Fsp3) is 0.360. The predicted molar refractivity (Wildman–Crippen MR) is 123 cm³/mol. The minimum atomic E-state index is -3.05. The van der Waals surface area contributed by atoms with Gasteiger partial charge in [-0.1, -0.05) is 12.1 Å². The molecular formula is C25H26F3N3O3. The van der Waals surface area contributed by atoms with Gasteiger partial charge in [-0.25, -0.2) is 13.2 Å². The van der Waals surface area contributed by atoms with Gasteiger partial charge >= 0.3 is 0 Å². The van der Waals surface area contributed by atoms with Crippen molar-refractivity contribution in [2.24, 2.45) is 10.7 Å². The minimum Gasteiger partial charge on any atom is -0.453 e. The lowest BCUT2D eigenvalue weighted by molar-refractivity contribution is -0.0146. The standard InChI is InChI=1S/C25H26F3N3O3/c1-14-17-8-16(11-31(2)3)5-7-21(17)34-23(14)20(32)10-15-4-6-19(26)18(9-15)25(24(27)28)13-33-12-22(29)30-25/h4-9,24H,10-13H2,1-3H3,(H2,29,30)/t25-/m0/s1. The second-order valence-electron chi connectivity index (χ2n) is 8.86. The molecule has 1 aliphatic rings. The van der Waals surface area contributed by atoms with Crippen LogP contribution in [-0.4, -0.2) is 50.3 Å². The number of ether oxygens (including phenoxy) is 1. The van der Waals surface area contributed by atoms with Crippen molar-refractivity contribution in [1.82, 2.24) is 4.90 Å². The fourth-order valence-corrected chi connectivity index (χ4v) is 4.28. The molecule has 4 rings (SSSR count). The van der Waals surface area contributed by atoms with Gasteiger partial charge in [0.1, 0.15) is 23.8 Å². The number of ketones is 1. The molecule has 2 aromatic carbocycles. The van der Waals surface area contributed by atoms with Crippen molar-refractivity contribution in [3.05, 3.63) is 70.2 Å². The molecule has 0 saturated heterocycles. The SMILES string of the molecule is Cc1c(C(=O)Cc2ccc(F)c([C@]3(C(F)F)COCC(N)=N3)c2)oc2ccc(CN(C)C)cc12. The van der Waals surface area contributed by atoms with E-state index in [0.29, 0.717) is 16.7 Å². The average Bonchev–Trinajstić information content (AvgIpc) is 3.10. The maximum absolute atomic E-state index is 14.7. The van der Waals surface area contributed by atoms with E-state index in [1.165, 1.54) is 12.1 Å². The van der Waals surface area contributed by atoms with Gasteiger partial charge < -0.3 is 19.8 Å². The van der Waals surface area contributed by atoms with Crippen LogP contribution in [0.25, 0.3) is 11.0 Å². The number of Topliss-reactive ketones (excluding diaryl/α,β-unsaturated/α-hetero) is 1.